The fraction of sp³-hybridized carbons (Fsp3) is 0.400. The van der Waals surface area contributed by atoms with Gasteiger partial charge in [-0.15, -0.1) is 0 Å². The summed E-state index contributed by atoms with van der Waals surface area (Å²) in [6, 6.07) is 8.78. The van der Waals surface area contributed by atoms with E-state index in [2.05, 4.69) is 71.1 Å². The summed E-state index contributed by atoms with van der Waals surface area (Å²) in [6.07, 6.45) is 0. The monoisotopic (exact) mass is 281 g/mol. The van der Waals surface area contributed by atoms with Crippen LogP contribution in [0, 0.1) is 34.6 Å². The van der Waals surface area contributed by atoms with Crippen LogP contribution in [0.15, 0.2) is 24.3 Å². The molecule has 1 nitrogen and oxygen atoms in total. The van der Waals surface area contributed by atoms with Crippen LogP contribution >= 0.6 is 0 Å². The van der Waals surface area contributed by atoms with Gasteiger partial charge in [-0.3, -0.25) is 0 Å². The van der Waals surface area contributed by atoms with Crippen LogP contribution in [0.2, 0.25) is 0 Å². The van der Waals surface area contributed by atoms with Crippen LogP contribution in [0.25, 0.3) is 11.1 Å². The van der Waals surface area contributed by atoms with E-state index in [1.807, 2.05) is 0 Å². The molecular weight excluding hydrogens is 254 g/mol. The summed E-state index contributed by atoms with van der Waals surface area (Å²) in [7, 11) is 0. The zero-order valence-corrected chi connectivity index (χ0v) is 14.2. The van der Waals surface area contributed by atoms with E-state index < -0.39 is 0 Å². The Morgan fingerprint density at radius 2 is 1.29 bits per heavy atom. The molecule has 0 aliphatic heterocycles. The quantitative estimate of drug-likeness (QED) is 0.831. The third-order valence-corrected chi connectivity index (χ3v) is 4.85. The maximum absolute atomic E-state index is 3.45. The first-order valence-electron chi connectivity index (χ1n) is 7.85. The molecule has 0 atom stereocenters. The minimum atomic E-state index is 0.928. The van der Waals surface area contributed by atoms with E-state index in [4.69, 9.17) is 0 Å². The molecule has 1 heteroatoms. The third-order valence-electron chi connectivity index (χ3n) is 4.85. The standard InChI is InChI=1S/C20H27N/c1-7-21-12-18-10-8-9-11-19(18)20-16(5)14(3)13(2)15(4)17(20)6/h8-11,21H,7,12H2,1-6H3. The van der Waals surface area contributed by atoms with E-state index in [1.54, 1.807) is 0 Å². The first-order valence-corrected chi connectivity index (χ1v) is 7.85. The van der Waals surface area contributed by atoms with Crippen molar-refractivity contribution in [2.45, 2.75) is 48.1 Å². The lowest BCUT2D eigenvalue weighted by molar-refractivity contribution is 0.728. The van der Waals surface area contributed by atoms with Gasteiger partial charge < -0.3 is 5.32 Å². The smallest absolute Gasteiger partial charge is 0.0211 e. The van der Waals surface area contributed by atoms with E-state index in [0.717, 1.165) is 13.1 Å². The van der Waals surface area contributed by atoms with E-state index in [-0.39, 0.29) is 0 Å². The first-order chi connectivity index (χ1) is 9.99. The molecule has 2 rings (SSSR count). The SMILES string of the molecule is CCNCc1ccccc1-c1c(C)c(C)c(C)c(C)c1C. The Bertz CT molecular complexity index is 624. The second-order valence-corrected chi connectivity index (χ2v) is 5.94. The highest BCUT2D eigenvalue weighted by Gasteiger charge is 2.15. The second kappa shape index (κ2) is 6.44. The van der Waals surface area contributed by atoms with Crippen molar-refractivity contribution in [2.24, 2.45) is 0 Å². The lowest BCUT2D eigenvalue weighted by atomic mass is 9.85. The molecule has 0 bridgehead atoms. The molecule has 2 aromatic carbocycles. The van der Waals surface area contributed by atoms with Gasteiger partial charge in [-0.1, -0.05) is 31.2 Å². The van der Waals surface area contributed by atoms with E-state index in [9.17, 15) is 0 Å². The van der Waals surface area contributed by atoms with Crippen LogP contribution in [-0.2, 0) is 6.54 Å². The van der Waals surface area contributed by atoms with Gasteiger partial charge in [0.2, 0.25) is 0 Å². The summed E-state index contributed by atoms with van der Waals surface area (Å²) >= 11 is 0. The molecule has 0 fully saturated rings. The molecule has 1 N–H and O–H groups in total. The molecule has 0 spiro atoms. The molecule has 0 saturated heterocycles. The number of nitrogens with one attached hydrogen (secondary N) is 1. The molecule has 0 aliphatic carbocycles. The van der Waals surface area contributed by atoms with Crippen molar-refractivity contribution in [3.63, 3.8) is 0 Å². The van der Waals surface area contributed by atoms with Gasteiger partial charge in [0, 0.05) is 6.54 Å². The van der Waals surface area contributed by atoms with Crippen molar-refractivity contribution in [1.29, 1.82) is 0 Å². The van der Waals surface area contributed by atoms with Gasteiger partial charge >= 0.3 is 0 Å². The van der Waals surface area contributed by atoms with E-state index in [1.165, 1.54) is 44.5 Å². The van der Waals surface area contributed by atoms with E-state index >= 15 is 0 Å². The van der Waals surface area contributed by atoms with Gasteiger partial charge in [-0.25, -0.2) is 0 Å². The van der Waals surface area contributed by atoms with Crippen LogP contribution < -0.4 is 5.32 Å². The van der Waals surface area contributed by atoms with Crippen LogP contribution in [0.3, 0.4) is 0 Å². The molecule has 21 heavy (non-hydrogen) atoms. The van der Waals surface area contributed by atoms with Crippen molar-refractivity contribution < 1.29 is 0 Å². The van der Waals surface area contributed by atoms with Crippen LogP contribution in [0.1, 0.15) is 40.3 Å². The van der Waals surface area contributed by atoms with Crippen LogP contribution in [0.5, 0.6) is 0 Å². The summed E-state index contributed by atoms with van der Waals surface area (Å²) in [5.74, 6) is 0. The fourth-order valence-electron chi connectivity index (χ4n) is 3.08. The average molecular weight is 281 g/mol. The Morgan fingerprint density at radius 3 is 1.86 bits per heavy atom. The Hall–Kier alpha value is -1.60. The highest BCUT2D eigenvalue weighted by Crippen LogP contribution is 2.35. The third kappa shape index (κ3) is 2.89. The molecule has 0 unspecified atom stereocenters. The average Bonchev–Trinajstić information content (AvgIpc) is 2.50. The van der Waals surface area contributed by atoms with Crippen molar-refractivity contribution in [3.8, 4) is 11.1 Å². The zero-order valence-electron chi connectivity index (χ0n) is 14.2. The second-order valence-electron chi connectivity index (χ2n) is 5.94. The Kier molecular flexibility index (Phi) is 4.84. The molecule has 0 amide bonds. The minimum Gasteiger partial charge on any atom is -0.313 e. The topological polar surface area (TPSA) is 12.0 Å². The van der Waals surface area contributed by atoms with E-state index in [0.29, 0.717) is 0 Å². The Balaban J connectivity index is 2.68. The molecule has 112 valence electrons. The maximum atomic E-state index is 3.45. The van der Waals surface area contributed by atoms with Crippen molar-refractivity contribution >= 4 is 0 Å². The number of benzene rings is 2. The van der Waals surface area contributed by atoms with Gasteiger partial charge in [-0.05, 0) is 85.7 Å². The van der Waals surface area contributed by atoms with Crippen LogP contribution in [-0.4, -0.2) is 6.54 Å². The largest absolute Gasteiger partial charge is 0.313 e. The van der Waals surface area contributed by atoms with Gasteiger partial charge in [0.15, 0.2) is 0 Å². The molecule has 2 aromatic rings. The molecule has 0 heterocycles. The maximum Gasteiger partial charge on any atom is 0.0211 e. The Labute approximate surface area is 129 Å². The summed E-state index contributed by atoms with van der Waals surface area (Å²) in [5.41, 5.74) is 11.3. The van der Waals surface area contributed by atoms with Crippen molar-refractivity contribution in [3.05, 3.63) is 57.6 Å². The summed E-state index contributed by atoms with van der Waals surface area (Å²) in [5, 5.41) is 3.45. The summed E-state index contributed by atoms with van der Waals surface area (Å²) in [4.78, 5) is 0. The predicted molar refractivity (Wildman–Crippen MR) is 92.9 cm³/mol. The molecule has 0 aliphatic rings. The predicted octanol–water partition coefficient (Wildman–Crippen LogP) is 5.01. The Morgan fingerprint density at radius 1 is 0.762 bits per heavy atom. The van der Waals surface area contributed by atoms with Gasteiger partial charge in [0.05, 0.1) is 0 Å². The summed E-state index contributed by atoms with van der Waals surface area (Å²) < 4.78 is 0. The van der Waals surface area contributed by atoms with Gasteiger partial charge in [-0.2, -0.15) is 0 Å². The first kappa shape index (κ1) is 15.8. The van der Waals surface area contributed by atoms with Gasteiger partial charge in [0.25, 0.3) is 0 Å². The lowest BCUT2D eigenvalue weighted by Gasteiger charge is -2.21. The number of rotatable bonds is 4. The molecule has 0 aromatic heterocycles. The normalized spacial score (nSPS) is 11.0. The zero-order chi connectivity index (χ0) is 15.6. The highest BCUT2D eigenvalue weighted by molar-refractivity contribution is 5.77. The van der Waals surface area contributed by atoms with Crippen LogP contribution in [0.4, 0.5) is 0 Å². The van der Waals surface area contributed by atoms with Crippen molar-refractivity contribution in [1.82, 2.24) is 5.32 Å². The molecular formula is C20H27N. The molecule has 0 saturated carbocycles. The lowest BCUT2D eigenvalue weighted by Crippen LogP contribution is -2.13. The van der Waals surface area contributed by atoms with Gasteiger partial charge in [0.1, 0.15) is 0 Å². The summed E-state index contributed by atoms with van der Waals surface area (Å²) in [6.45, 7) is 15.3. The minimum absolute atomic E-state index is 0.928. The fourth-order valence-corrected chi connectivity index (χ4v) is 3.08. The highest BCUT2D eigenvalue weighted by atomic mass is 14.8. The molecule has 0 radical (unpaired) electrons. The number of hydrogen-bond donors (Lipinski definition) is 1. The van der Waals surface area contributed by atoms with Crippen molar-refractivity contribution in [2.75, 3.05) is 6.54 Å². The number of hydrogen-bond acceptors (Lipinski definition) is 1.